The van der Waals surface area contributed by atoms with Gasteiger partial charge in [0, 0.05) is 12.5 Å². The van der Waals surface area contributed by atoms with Gasteiger partial charge in [0.15, 0.2) is 0 Å². The van der Waals surface area contributed by atoms with E-state index in [4.69, 9.17) is 10.4 Å². The zero-order valence-electron chi connectivity index (χ0n) is 10.2. The summed E-state index contributed by atoms with van der Waals surface area (Å²) in [6.45, 7) is 3.81. The Morgan fingerprint density at radius 3 is 2.47 bits per heavy atom. The molecule has 0 spiro atoms. The average Bonchev–Trinajstić information content (AvgIpc) is 2.75. The average molecular weight is 238 g/mol. The molecule has 2 atom stereocenters. The van der Waals surface area contributed by atoms with Gasteiger partial charge in [0.25, 0.3) is 0 Å². The number of rotatable bonds is 4. The van der Waals surface area contributed by atoms with E-state index < -0.39 is 17.3 Å². The van der Waals surface area contributed by atoms with Gasteiger partial charge in [-0.05, 0) is 33.1 Å². The van der Waals surface area contributed by atoms with Gasteiger partial charge in [-0.1, -0.05) is 0 Å². The number of amides is 1. The van der Waals surface area contributed by atoms with Crippen LogP contribution in [0.5, 0.6) is 0 Å². The highest BCUT2D eigenvalue weighted by Crippen LogP contribution is 2.31. The zero-order chi connectivity index (χ0) is 13.1. The van der Waals surface area contributed by atoms with Crippen molar-refractivity contribution in [3.8, 4) is 6.07 Å². The SMILES string of the molecule is CC(C)(C#N)CNC(=O)C1CCC(C(=O)O)C1. The quantitative estimate of drug-likeness (QED) is 0.768. The Balaban J connectivity index is 2.41. The third-order valence-corrected chi connectivity index (χ3v) is 3.16. The number of aliphatic carboxylic acids is 1. The molecule has 1 fully saturated rings. The molecule has 0 heterocycles. The summed E-state index contributed by atoms with van der Waals surface area (Å²) < 4.78 is 0. The summed E-state index contributed by atoms with van der Waals surface area (Å²) in [5.74, 6) is -1.56. The van der Waals surface area contributed by atoms with E-state index in [-0.39, 0.29) is 11.8 Å². The summed E-state index contributed by atoms with van der Waals surface area (Å²) in [5.41, 5.74) is -0.583. The second-order valence-corrected chi connectivity index (χ2v) is 5.26. The Labute approximate surface area is 101 Å². The molecule has 0 aromatic carbocycles. The highest BCUT2D eigenvalue weighted by Gasteiger charge is 2.34. The fourth-order valence-electron chi connectivity index (χ4n) is 1.94. The van der Waals surface area contributed by atoms with Crippen LogP contribution in [-0.2, 0) is 9.59 Å². The molecule has 94 valence electrons. The normalized spacial score (nSPS) is 24.1. The van der Waals surface area contributed by atoms with Crippen molar-refractivity contribution in [1.82, 2.24) is 5.32 Å². The number of hydrogen-bond donors (Lipinski definition) is 2. The predicted molar refractivity (Wildman–Crippen MR) is 60.9 cm³/mol. The minimum atomic E-state index is -0.822. The van der Waals surface area contributed by atoms with Crippen molar-refractivity contribution in [3.05, 3.63) is 0 Å². The van der Waals surface area contributed by atoms with E-state index in [0.29, 0.717) is 25.8 Å². The monoisotopic (exact) mass is 238 g/mol. The Hall–Kier alpha value is -1.57. The van der Waals surface area contributed by atoms with E-state index in [1.807, 2.05) is 0 Å². The molecule has 1 amide bonds. The van der Waals surface area contributed by atoms with E-state index >= 15 is 0 Å². The van der Waals surface area contributed by atoms with Gasteiger partial charge in [0.1, 0.15) is 0 Å². The summed E-state index contributed by atoms with van der Waals surface area (Å²) in [7, 11) is 0. The van der Waals surface area contributed by atoms with Crippen molar-refractivity contribution in [1.29, 1.82) is 5.26 Å². The van der Waals surface area contributed by atoms with Gasteiger partial charge < -0.3 is 10.4 Å². The molecule has 5 nitrogen and oxygen atoms in total. The first-order chi connectivity index (χ1) is 7.85. The van der Waals surface area contributed by atoms with Gasteiger partial charge in [-0.2, -0.15) is 5.26 Å². The maximum absolute atomic E-state index is 11.8. The number of nitriles is 1. The van der Waals surface area contributed by atoms with Crippen LogP contribution < -0.4 is 5.32 Å². The second kappa shape index (κ2) is 5.17. The Morgan fingerprint density at radius 2 is 2.00 bits per heavy atom. The molecule has 1 aliphatic carbocycles. The Bertz CT molecular complexity index is 357. The van der Waals surface area contributed by atoms with E-state index in [1.165, 1.54) is 0 Å². The fraction of sp³-hybridized carbons (Fsp3) is 0.750. The summed E-state index contributed by atoms with van der Waals surface area (Å²) >= 11 is 0. The highest BCUT2D eigenvalue weighted by molar-refractivity contribution is 5.80. The van der Waals surface area contributed by atoms with Gasteiger partial charge in [-0.25, -0.2) is 0 Å². The molecule has 2 unspecified atom stereocenters. The van der Waals surface area contributed by atoms with Crippen molar-refractivity contribution in [2.24, 2.45) is 17.3 Å². The van der Waals surface area contributed by atoms with Crippen LogP contribution in [0, 0.1) is 28.6 Å². The van der Waals surface area contributed by atoms with Gasteiger partial charge in [0.2, 0.25) is 5.91 Å². The van der Waals surface area contributed by atoms with Crippen LogP contribution in [0.15, 0.2) is 0 Å². The first-order valence-corrected chi connectivity index (χ1v) is 5.77. The molecule has 5 heteroatoms. The van der Waals surface area contributed by atoms with Crippen LogP contribution in [0.2, 0.25) is 0 Å². The van der Waals surface area contributed by atoms with Crippen molar-refractivity contribution < 1.29 is 14.7 Å². The third-order valence-electron chi connectivity index (χ3n) is 3.16. The standard InChI is InChI=1S/C12H18N2O3/c1-12(2,6-13)7-14-10(15)8-3-4-9(5-8)11(16)17/h8-9H,3-5,7H2,1-2H3,(H,14,15)(H,16,17). The lowest BCUT2D eigenvalue weighted by Gasteiger charge is -2.17. The molecule has 1 saturated carbocycles. The van der Waals surface area contributed by atoms with Crippen molar-refractivity contribution >= 4 is 11.9 Å². The van der Waals surface area contributed by atoms with Crippen molar-refractivity contribution in [3.63, 3.8) is 0 Å². The first-order valence-electron chi connectivity index (χ1n) is 5.77. The molecule has 0 bridgehead atoms. The van der Waals surface area contributed by atoms with Crippen LogP contribution >= 0.6 is 0 Å². The van der Waals surface area contributed by atoms with Crippen LogP contribution in [0.4, 0.5) is 0 Å². The van der Waals surface area contributed by atoms with Crippen LogP contribution in [0.1, 0.15) is 33.1 Å². The zero-order valence-corrected chi connectivity index (χ0v) is 10.2. The summed E-state index contributed by atoms with van der Waals surface area (Å²) in [6.07, 6.45) is 1.60. The smallest absolute Gasteiger partial charge is 0.306 e. The van der Waals surface area contributed by atoms with Gasteiger partial charge in [-0.15, -0.1) is 0 Å². The molecule has 0 radical (unpaired) electrons. The van der Waals surface area contributed by atoms with Gasteiger partial charge in [0.05, 0.1) is 17.4 Å². The number of nitrogens with one attached hydrogen (secondary N) is 1. The van der Waals surface area contributed by atoms with Crippen molar-refractivity contribution in [2.45, 2.75) is 33.1 Å². The largest absolute Gasteiger partial charge is 0.481 e. The molecule has 0 aromatic heterocycles. The van der Waals surface area contributed by atoms with Gasteiger partial charge in [-0.3, -0.25) is 9.59 Å². The third kappa shape index (κ3) is 3.74. The molecule has 0 aliphatic heterocycles. The molecule has 17 heavy (non-hydrogen) atoms. The molecule has 0 aromatic rings. The number of nitrogens with zero attached hydrogens (tertiary/aromatic N) is 1. The lowest BCUT2D eigenvalue weighted by molar-refractivity contribution is -0.141. The lowest BCUT2D eigenvalue weighted by atomic mass is 9.95. The van der Waals surface area contributed by atoms with Crippen LogP contribution in [0.3, 0.4) is 0 Å². The molecule has 0 saturated heterocycles. The molecule has 1 aliphatic rings. The number of carboxylic acid groups (broad SMARTS) is 1. The maximum Gasteiger partial charge on any atom is 0.306 e. The van der Waals surface area contributed by atoms with Crippen molar-refractivity contribution in [2.75, 3.05) is 6.54 Å². The number of hydrogen-bond acceptors (Lipinski definition) is 3. The number of carboxylic acids is 1. The molecule has 1 rings (SSSR count). The maximum atomic E-state index is 11.8. The topological polar surface area (TPSA) is 90.2 Å². The first kappa shape index (κ1) is 13.5. The highest BCUT2D eigenvalue weighted by atomic mass is 16.4. The molecular formula is C12H18N2O3. The van der Waals surface area contributed by atoms with Crippen LogP contribution in [-0.4, -0.2) is 23.5 Å². The Kier molecular flexibility index (Phi) is 4.11. The van der Waals surface area contributed by atoms with E-state index in [9.17, 15) is 9.59 Å². The Morgan fingerprint density at radius 1 is 1.41 bits per heavy atom. The summed E-state index contributed by atoms with van der Waals surface area (Å²) in [4.78, 5) is 22.5. The predicted octanol–water partition coefficient (Wildman–Crippen LogP) is 1.15. The van der Waals surface area contributed by atoms with E-state index in [2.05, 4.69) is 11.4 Å². The molecule has 2 N–H and O–H groups in total. The number of carbonyl (C=O) groups is 2. The second-order valence-electron chi connectivity index (χ2n) is 5.26. The molecular weight excluding hydrogens is 220 g/mol. The minimum absolute atomic E-state index is 0.128. The summed E-state index contributed by atoms with van der Waals surface area (Å²) in [6, 6.07) is 2.11. The van der Waals surface area contributed by atoms with E-state index in [0.717, 1.165) is 0 Å². The fourth-order valence-corrected chi connectivity index (χ4v) is 1.94. The minimum Gasteiger partial charge on any atom is -0.481 e. The lowest BCUT2D eigenvalue weighted by Crippen LogP contribution is -2.36. The number of carbonyl (C=O) groups excluding carboxylic acids is 1. The summed E-state index contributed by atoms with van der Waals surface area (Å²) in [5, 5.41) is 20.4. The van der Waals surface area contributed by atoms with Crippen LogP contribution in [0.25, 0.3) is 0 Å². The van der Waals surface area contributed by atoms with Gasteiger partial charge >= 0.3 is 5.97 Å². The van der Waals surface area contributed by atoms with E-state index in [1.54, 1.807) is 13.8 Å².